The molecule has 110 valence electrons. The number of hydrogen-bond acceptors (Lipinski definition) is 7. The van der Waals surface area contributed by atoms with Crippen molar-refractivity contribution in [2.45, 2.75) is 6.92 Å². The minimum atomic E-state index is -0.610. The van der Waals surface area contributed by atoms with Crippen molar-refractivity contribution in [3.05, 3.63) is 52.5 Å². The van der Waals surface area contributed by atoms with Crippen molar-refractivity contribution in [2.75, 3.05) is 11.1 Å². The number of aryl methyl sites for hydroxylation is 1. The monoisotopic (exact) mass is 296 g/mol. The van der Waals surface area contributed by atoms with Crippen molar-refractivity contribution in [1.82, 2.24) is 15.0 Å². The van der Waals surface area contributed by atoms with Gasteiger partial charge in [-0.2, -0.15) is 0 Å². The Morgan fingerprint density at radius 1 is 1.23 bits per heavy atom. The summed E-state index contributed by atoms with van der Waals surface area (Å²) in [6.45, 7) is 1.88. The van der Waals surface area contributed by atoms with E-state index in [1.165, 1.54) is 6.33 Å². The fourth-order valence-electron chi connectivity index (χ4n) is 2.14. The van der Waals surface area contributed by atoms with Crippen molar-refractivity contribution in [3.8, 4) is 0 Å². The molecule has 0 amide bonds. The zero-order valence-corrected chi connectivity index (χ0v) is 11.6. The molecule has 8 nitrogen and oxygen atoms in total. The predicted octanol–water partition coefficient (Wildman–Crippen LogP) is 2.57. The second-order valence-corrected chi connectivity index (χ2v) is 4.67. The van der Waals surface area contributed by atoms with E-state index in [4.69, 9.17) is 5.73 Å². The highest BCUT2D eigenvalue weighted by molar-refractivity contribution is 5.92. The van der Waals surface area contributed by atoms with Gasteiger partial charge in [0.2, 0.25) is 11.6 Å². The summed E-state index contributed by atoms with van der Waals surface area (Å²) in [5.74, 6) is -0.153. The zero-order valence-electron chi connectivity index (χ0n) is 11.6. The molecule has 3 aromatic rings. The van der Waals surface area contributed by atoms with E-state index in [9.17, 15) is 10.1 Å². The van der Waals surface area contributed by atoms with Crippen molar-refractivity contribution in [1.29, 1.82) is 0 Å². The molecule has 0 atom stereocenters. The van der Waals surface area contributed by atoms with E-state index in [0.29, 0.717) is 11.2 Å². The third-order valence-electron chi connectivity index (χ3n) is 3.15. The van der Waals surface area contributed by atoms with Crippen LogP contribution < -0.4 is 11.1 Å². The quantitative estimate of drug-likeness (QED) is 0.562. The molecule has 3 rings (SSSR count). The fourth-order valence-corrected chi connectivity index (χ4v) is 2.14. The molecule has 0 saturated carbocycles. The van der Waals surface area contributed by atoms with Crippen LogP contribution in [0.5, 0.6) is 0 Å². The Bertz CT molecular complexity index is 880. The van der Waals surface area contributed by atoms with Crippen LogP contribution in [0.4, 0.5) is 23.0 Å². The van der Waals surface area contributed by atoms with E-state index in [1.807, 2.05) is 31.2 Å². The van der Waals surface area contributed by atoms with Crippen LogP contribution in [0.1, 0.15) is 5.69 Å². The standard InChI is InChI=1S/C14H12N6O2/c1-8-5-6-9-3-2-4-10(11(9)18-8)19-14-12(20(21)22)13(15)16-7-17-14/h2-7H,1H3,(H3,15,16,17,19). The number of nitrogens with one attached hydrogen (secondary N) is 1. The molecule has 8 heteroatoms. The summed E-state index contributed by atoms with van der Waals surface area (Å²) in [4.78, 5) is 22.6. The van der Waals surface area contributed by atoms with Gasteiger partial charge >= 0.3 is 5.69 Å². The number of benzene rings is 1. The number of rotatable bonds is 3. The zero-order chi connectivity index (χ0) is 15.7. The summed E-state index contributed by atoms with van der Waals surface area (Å²) in [5.41, 5.74) is 7.37. The Kier molecular flexibility index (Phi) is 3.26. The molecular formula is C14H12N6O2. The van der Waals surface area contributed by atoms with Gasteiger partial charge in [-0.25, -0.2) is 9.97 Å². The molecule has 0 saturated heterocycles. The molecule has 0 aliphatic carbocycles. The Labute approximate surface area is 125 Å². The molecule has 3 N–H and O–H groups in total. The van der Waals surface area contributed by atoms with Crippen molar-refractivity contribution in [2.24, 2.45) is 0 Å². The molecule has 0 aliphatic rings. The number of anilines is 3. The highest BCUT2D eigenvalue weighted by Gasteiger charge is 2.21. The van der Waals surface area contributed by atoms with Crippen LogP contribution in [0.25, 0.3) is 10.9 Å². The molecular weight excluding hydrogens is 284 g/mol. The molecule has 22 heavy (non-hydrogen) atoms. The third kappa shape index (κ3) is 2.37. The number of aromatic nitrogens is 3. The summed E-state index contributed by atoms with van der Waals surface area (Å²) in [6, 6.07) is 9.35. The van der Waals surface area contributed by atoms with Gasteiger partial charge in [0.15, 0.2) is 0 Å². The minimum Gasteiger partial charge on any atom is -0.378 e. The lowest BCUT2D eigenvalue weighted by molar-refractivity contribution is -0.383. The molecule has 0 spiro atoms. The highest BCUT2D eigenvalue weighted by atomic mass is 16.6. The number of hydrogen-bond donors (Lipinski definition) is 2. The molecule has 0 bridgehead atoms. The van der Waals surface area contributed by atoms with Gasteiger partial charge in [-0.1, -0.05) is 18.2 Å². The summed E-state index contributed by atoms with van der Waals surface area (Å²) in [6.07, 6.45) is 1.18. The average Bonchev–Trinajstić information content (AvgIpc) is 2.47. The number of nitrogen functional groups attached to an aromatic ring is 1. The van der Waals surface area contributed by atoms with Gasteiger partial charge in [-0.15, -0.1) is 0 Å². The first-order valence-corrected chi connectivity index (χ1v) is 6.44. The lowest BCUT2D eigenvalue weighted by Crippen LogP contribution is -2.05. The van der Waals surface area contributed by atoms with Crippen LogP contribution in [0.2, 0.25) is 0 Å². The van der Waals surface area contributed by atoms with E-state index in [-0.39, 0.29) is 17.3 Å². The van der Waals surface area contributed by atoms with E-state index in [0.717, 1.165) is 11.1 Å². The van der Waals surface area contributed by atoms with Gasteiger partial charge in [0.05, 0.1) is 16.1 Å². The largest absolute Gasteiger partial charge is 0.378 e. The topological polar surface area (TPSA) is 120 Å². The number of fused-ring (bicyclic) bond motifs is 1. The molecule has 0 radical (unpaired) electrons. The normalized spacial score (nSPS) is 10.6. The number of nitrogens with zero attached hydrogens (tertiary/aromatic N) is 4. The van der Waals surface area contributed by atoms with Gasteiger partial charge in [-0.05, 0) is 19.1 Å². The second kappa shape index (κ2) is 5.24. The van der Waals surface area contributed by atoms with Crippen LogP contribution >= 0.6 is 0 Å². The SMILES string of the molecule is Cc1ccc2cccc(Nc3ncnc(N)c3[N+](=O)[O-])c2n1. The van der Waals surface area contributed by atoms with Gasteiger partial charge < -0.3 is 11.1 Å². The number of nitro groups is 1. The number of pyridine rings is 1. The van der Waals surface area contributed by atoms with Crippen molar-refractivity contribution in [3.63, 3.8) is 0 Å². The van der Waals surface area contributed by atoms with Crippen molar-refractivity contribution < 1.29 is 4.92 Å². The van der Waals surface area contributed by atoms with Gasteiger partial charge in [-0.3, -0.25) is 15.1 Å². The van der Waals surface area contributed by atoms with E-state index in [1.54, 1.807) is 6.07 Å². The Balaban J connectivity index is 2.13. The third-order valence-corrected chi connectivity index (χ3v) is 3.15. The first kappa shape index (κ1) is 13.7. The van der Waals surface area contributed by atoms with E-state index in [2.05, 4.69) is 20.3 Å². The van der Waals surface area contributed by atoms with E-state index >= 15 is 0 Å². The van der Waals surface area contributed by atoms with Crippen LogP contribution in [0, 0.1) is 17.0 Å². The Hall–Kier alpha value is -3.29. The molecule has 1 aromatic carbocycles. The maximum absolute atomic E-state index is 11.1. The maximum Gasteiger partial charge on any atom is 0.353 e. The molecule has 2 heterocycles. The van der Waals surface area contributed by atoms with Gasteiger partial charge in [0.1, 0.15) is 6.33 Å². The Morgan fingerprint density at radius 2 is 2.05 bits per heavy atom. The lowest BCUT2D eigenvalue weighted by atomic mass is 10.1. The van der Waals surface area contributed by atoms with Crippen LogP contribution in [0.3, 0.4) is 0 Å². The minimum absolute atomic E-state index is 0.0355. The van der Waals surface area contributed by atoms with Crippen LogP contribution in [-0.4, -0.2) is 19.9 Å². The fraction of sp³-hybridized carbons (Fsp3) is 0.0714. The highest BCUT2D eigenvalue weighted by Crippen LogP contribution is 2.31. The van der Waals surface area contributed by atoms with Gasteiger partial charge in [0, 0.05) is 11.1 Å². The average molecular weight is 296 g/mol. The Morgan fingerprint density at radius 3 is 2.82 bits per heavy atom. The summed E-state index contributed by atoms with van der Waals surface area (Å²) >= 11 is 0. The first-order valence-electron chi connectivity index (χ1n) is 6.44. The van der Waals surface area contributed by atoms with Crippen LogP contribution in [-0.2, 0) is 0 Å². The number of para-hydroxylation sites is 1. The molecule has 0 fully saturated rings. The molecule has 0 aliphatic heterocycles. The van der Waals surface area contributed by atoms with Gasteiger partial charge in [0.25, 0.3) is 0 Å². The second-order valence-electron chi connectivity index (χ2n) is 4.67. The summed E-state index contributed by atoms with van der Waals surface area (Å²) in [7, 11) is 0. The maximum atomic E-state index is 11.1. The summed E-state index contributed by atoms with van der Waals surface area (Å²) < 4.78 is 0. The summed E-state index contributed by atoms with van der Waals surface area (Å²) in [5, 5.41) is 15.0. The first-order chi connectivity index (χ1) is 10.6. The van der Waals surface area contributed by atoms with Crippen LogP contribution in [0.15, 0.2) is 36.7 Å². The smallest absolute Gasteiger partial charge is 0.353 e. The predicted molar refractivity (Wildman–Crippen MR) is 82.9 cm³/mol. The van der Waals surface area contributed by atoms with Crippen molar-refractivity contribution >= 4 is 33.9 Å². The molecule has 0 unspecified atom stereocenters. The lowest BCUT2D eigenvalue weighted by Gasteiger charge is -2.09. The van der Waals surface area contributed by atoms with E-state index < -0.39 is 4.92 Å². The number of nitrogens with two attached hydrogens (primary N) is 1. The molecule has 2 aromatic heterocycles.